The van der Waals surface area contributed by atoms with Gasteiger partial charge in [-0.05, 0) is 30.9 Å². The zero-order valence-corrected chi connectivity index (χ0v) is 12.1. The Morgan fingerprint density at radius 3 is 2.11 bits per heavy atom. The maximum absolute atomic E-state index is 9.86. The first-order valence-electron chi connectivity index (χ1n) is 6.65. The molecule has 1 aromatic rings. The molecule has 4 heteroatoms. The Kier molecular flexibility index (Phi) is 5.20. The van der Waals surface area contributed by atoms with Crippen LogP contribution in [0.4, 0.5) is 0 Å². The van der Waals surface area contributed by atoms with Crippen molar-refractivity contribution >= 4 is 0 Å². The number of aliphatic hydroxyl groups excluding tert-OH is 1. The average molecular weight is 267 g/mol. The SMILES string of the molecule is CC(NC(CCO)C(C)(C)C)c1c(O)cccc1O. The summed E-state index contributed by atoms with van der Waals surface area (Å²) in [5.74, 6) is 0.160. The second kappa shape index (κ2) is 6.26. The fraction of sp³-hybridized carbons (Fsp3) is 0.600. The standard InChI is InChI=1S/C15H25NO3/c1-10(14-11(18)6-5-7-12(14)19)16-13(8-9-17)15(2,3)4/h5-7,10,13,16-19H,8-9H2,1-4H3. The van der Waals surface area contributed by atoms with Crippen LogP contribution in [0.3, 0.4) is 0 Å². The van der Waals surface area contributed by atoms with E-state index in [1.165, 1.54) is 0 Å². The predicted octanol–water partition coefficient (Wildman–Crippen LogP) is 2.55. The lowest BCUT2D eigenvalue weighted by Crippen LogP contribution is -2.42. The van der Waals surface area contributed by atoms with Gasteiger partial charge in [0.05, 0.1) is 5.56 Å². The van der Waals surface area contributed by atoms with Crippen LogP contribution in [0, 0.1) is 5.41 Å². The number of hydrogen-bond acceptors (Lipinski definition) is 4. The maximum Gasteiger partial charge on any atom is 0.124 e. The Bertz CT molecular complexity index is 392. The molecule has 0 aliphatic rings. The molecule has 2 atom stereocenters. The summed E-state index contributed by atoms with van der Waals surface area (Å²) in [5.41, 5.74) is 0.478. The van der Waals surface area contributed by atoms with E-state index in [4.69, 9.17) is 5.11 Å². The molecule has 0 bridgehead atoms. The van der Waals surface area contributed by atoms with Gasteiger partial charge in [0.25, 0.3) is 0 Å². The van der Waals surface area contributed by atoms with Crippen LogP contribution in [-0.4, -0.2) is 28.0 Å². The fourth-order valence-corrected chi connectivity index (χ4v) is 2.27. The van der Waals surface area contributed by atoms with Gasteiger partial charge in [0, 0.05) is 18.7 Å². The van der Waals surface area contributed by atoms with Gasteiger partial charge in [0.1, 0.15) is 11.5 Å². The van der Waals surface area contributed by atoms with Crippen molar-refractivity contribution in [3.05, 3.63) is 23.8 Å². The largest absolute Gasteiger partial charge is 0.507 e. The quantitative estimate of drug-likeness (QED) is 0.661. The maximum atomic E-state index is 9.86. The second-order valence-electron chi connectivity index (χ2n) is 6.03. The first-order valence-corrected chi connectivity index (χ1v) is 6.65. The highest BCUT2D eigenvalue weighted by molar-refractivity contribution is 5.44. The van der Waals surface area contributed by atoms with Crippen LogP contribution < -0.4 is 5.32 Å². The van der Waals surface area contributed by atoms with E-state index in [1.807, 2.05) is 6.92 Å². The summed E-state index contributed by atoms with van der Waals surface area (Å²) >= 11 is 0. The predicted molar refractivity (Wildman–Crippen MR) is 76.3 cm³/mol. The van der Waals surface area contributed by atoms with Crippen molar-refractivity contribution < 1.29 is 15.3 Å². The van der Waals surface area contributed by atoms with E-state index in [1.54, 1.807) is 18.2 Å². The van der Waals surface area contributed by atoms with Gasteiger partial charge in [-0.25, -0.2) is 0 Å². The molecular weight excluding hydrogens is 242 g/mol. The number of phenolic OH excluding ortho intramolecular Hbond substituents is 2. The second-order valence-corrected chi connectivity index (χ2v) is 6.03. The van der Waals surface area contributed by atoms with Crippen LogP contribution in [0.1, 0.15) is 45.7 Å². The topological polar surface area (TPSA) is 72.7 Å². The Morgan fingerprint density at radius 2 is 1.68 bits per heavy atom. The normalized spacial score (nSPS) is 15.2. The third kappa shape index (κ3) is 4.11. The molecule has 0 heterocycles. The monoisotopic (exact) mass is 267 g/mol. The van der Waals surface area contributed by atoms with E-state index in [0.717, 1.165) is 0 Å². The molecule has 0 aliphatic heterocycles. The average Bonchev–Trinajstić information content (AvgIpc) is 2.27. The molecule has 4 N–H and O–H groups in total. The molecule has 0 spiro atoms. The minimum Gasteiger partial charge on any atom is -0.507 e. The first kappa shape index (κ1) is 15.8. The van der Waals surface area contributed by atoms with Gasteiger partial charge in [0.2, 0.25) is 0 Å². The van der Waals surface area contributed by atoms with Crippen LogP contribution in [0.15, 0.2) is 18.2 Å². The lowest BCUT2D eigenvalue weighted by Gasteiger charge is -2.34. The van der Waals surface area contributed by atoms with E-state index in [-0.39, 0.29) is 35.6 Å². The van der Waals surface area contributed by atoms with Crippen molar-refractivity contribution in [3.8, 4) is 11.5 Å². The highest BCUT2D eigenvalue weighted by Gasteiger charge is 2.27. The number of aromatic hydroxyl groups is 2. The van der Waals surface area contributed by atoms with Gasteiger partial charge in [-0.15, -0.1) is 0 Å². The zero-order valence-electron chi connectivity index (χ0n) is 12.1. The lowest BCUT2D eigenvalue weighted by molar-refractivity contribution is 0.186. The van der Waals surface area contributed by atoms with Crippen molar-refractivity contribution in [1.29, 1.82) is 0 Å². The molecule has 0 amide bonds. The molecule has 0 fully saturated rings. The minimum atomic E-state index is -0.197. The zero-order chi connectivity index (χ0) is 14.6. The molecule has 2 unspecified atom stereocenters. The smallest absolute Gasteiger partial charge is 0.124 e. The molecule has 0 aliphatic carbocycles. The van der Waals surface area contributed by atoms with Gasteiger partial charge in [-0.3, -0.25) is 0 Å². The molecule has 19 heavy (non-hydrogen) atoms. The van der Waals surface area contributed by atoms with Crippen molar-refractivity contribution in [1.82, 2.24) is 5.32 Å². The first-order chi connectivity index (χ1) is 8.77. The van der Waals surface area contributed by atoms with Crippen molar-refractivity contribution in [3.63, 3.8) is 0 Å². The highest BCUT2D eigenvalue weighted by atomic mass is 16.3. The van der Waals surface area contributed by atoms with E-state index < -0.39 is 0 Å². The lowest BCUT2D eigenvalue weighted by atomic mass is 9.84. The van der Waals surface area contributed by atoms with Crippen LogP contribution in [0.25, 0.3) is 0 Å². The molecule has 4 nitrogen and oxygen atoms in total. The van der Waals surface area contributed by atoms with Gasteiger partial charge >= 0.3 is 0 Å². The molecule has 1 rings (SSSR count). The van der Waals surface area contributed by atoms with Crippen LogP contribution in [0.2, 0.25) is 0 Å². The number of nitrogens with one attached hydrogen (secondary N) is 1. The van der Waals surface area contributed by atoms with Crippen LogP contribution in [0.5, 0.6) is 11.5 Å². The van der Waals surface area contributed by atoms with Gasteiger partial charge in [-0.2, -0.15) is 0 Å². The molecule has 0 aromatic heterocycles. The van der Waals surface area contributed by atoms with E-state index in [9.17, 15) is 10.2 Å². The van der Waals surface area contributed by atoms with Crippen molar-refractivity contribution in [2.75, 3.05) is 6.61 Å². The highest BCUT2D eigenvalue weighted by Crippen LogP contribution is 2.34. The summed E-state index contributed by atoms with van der Waals surface area (Å²) in [4.78, 5) is 0. The fourth-order valence-electron chi connectivity index (χ4n) is 2.27. The molecule has 1 aromatic carbocycles. The molecule has 0 radical (unpaired) electrons. The summed E-state index contributed by atoms with van der Waals surface area (Å²) in [7, 11) is 0. The summed E-state index contributed by atoms with van der Waals surface area (Å²) in [6.45, 7) is 8.28. The number of benzene rings is 1. The Labute approximate surface area is 115 Å². The van der Waals surface area contributed by atoms with Crippen molar-refractivity contribution in [2.45, 2.75) is 46.2 Å². The van der Waals surface area contributed by atoms with E-state index >= 15 is 0 Å². The van der Waals surface area contributed by atoms with Crippen molar-refractivity contribution in [2.24, 2.45) is 5.41 Å². The van der Waals surface area contributed by atoms with Gasteiger partial charge < -0.3 is 20.6 Å². The van der Waals surface area contributed by atoms with E-state index in [2.05, 4.69) is 26.1 Å². The minimum absolute atomic E-state index is 0.0169. The van der Waals surface area contributed by atoms with Gasteiger partial charge in [0.15, 0.2) is 0 Å². The number of rotatable bonds is 5. The third-order valence-electron chi connectivity index (χ3n) is 3.41. The van der Waals surface area contributed by atoms with Crippen LogP contribution in [-0.2, 0) is 0 Å². The third-order valence-corrected chi connectivity index (χ3v) is 3.41. The summed E-state index contributed by atoms with van der Waals surface area (Å²) in [6, 6.07) is 4.62. The Hall–Kier alpha value is -1.26. The molecular formula is C15H25NO3. The van der Waals surface area contributed by atoms with Gasteiger partial charge in [-0.1, -0.05) is 26.8 Å². The summed E-state index contributed by atoms with van der Waals surface area (Å²) < 4.78 is 0. The number of hydrogen-bond donors (Lipinski definition) is 4. The number of aliphatic hydroxyl groups is 1. The summed E-state index contributed by atoms with van der Waals surface area (Å²) in [5, 5.41) is 32.2. The summed E-state index contributed by atoms with van der Waals surface area (Å²) in [6.07, 6.45) is 0.627. The Morgan fingerprint density at radius 1 is 1.16 bits per heavy atom. The number of phenols is 2. The Balaban J connectivity index is 2.91. The molecule has 0 saturated carbocycles. The van der Waals surface area contributed by atoms with Crippen LogP contribution >= 0.6 is 0 Å². The molecule has 0 saturated heterocycles. The molecule has 108 valence electrons. The van der Waals surface area contributed by atoms with E-state index in [0.29, 0.717) is 12.0 Å².